The number of hydrogen-bond donors (Lipinski definition) is 1. The van der Waals surface area contributed by atoms with E-state index in [1.807, 2.05) is 60.7 Å². The third kappa shape index (κ3) is 2.45. The Morgan fingerprint density at radius 1 is 0.789 bits per heavy atom. The molecule has 0 saturated heterocycles. The van der Waals surface area contributed by atoms with Gasteiger partial charge in [-0.25, -0.2) is 9.97 Å². The first-order valence-corrected chi connectivity index (χ1v) is 6.07. The first-order chi connectivity index (χ1) is 9.33. The quantitative estimate of drug-likeness (QED) is 0.706. The molecule has 0 atom stereocenters. The van der Waals surface area contributed by atoms with Crippen LogP contribution in [0, 0.1) is 0 Å². The van der Waals surface area contributed by atoms with E-state index < -0.39 is 0 Å². The van der Waals surface area contributed by atoms with E-state index in [9.17, 15) is 0 Å². The third-order valence-electron chi connectivity index (χ3n) is 2.87. The molecule has 0 saturated carbocycles. The van der Waals surface area contributed by atoms with Gasteiger partial charge in [-0.15, -0.1) is 0 Å². The molecule has 3 aromatic rings. The molecule has 0 unspecified atom stereocenters. The van der Waals surface area contributed by atoms with Crippen LogP contribution in [0.25, 0.3) is 22.6 Å². The monoisotopic (exact) mass is 247 g/mol. The Morgan fingerprint density at radius 2 is 1.58 bits per heavy atom. The summed E-state index contributed by atoms with van der Waals surface area (Å²) in [6, 6.07) is 19.6. The average molecular weight is 247 g/mol. The second-order valence-corrected chi connectivity index (χ2v) is 4.26. The van der Waals surface area contributed by atoms with E-state index in [0.717, 1.165) is 16.8 Å². The molecule has 92 valence electrons. The lowest BCUT2D eigenvalue weighted by atomic mass is 10.1. The van der Waals surface area contributed by atoms with Gasteiger partial charge < -0.3 is 5.73 Å². The molecule has 0 bridgehead atoms. The summed E-state index contributed by atoms with van der Waals surface area (Å²) in [6.45, 7) is 0. The lowest BCUT2D eigenvalue weighted by molar-refractivity contribution is 1.18. The van der Waals surface area contributed by atoms with Gasteiger partial charge in [-0.1, -0.05) is 42.5 Å². The van der Waals surface area contributed by atoms with E-state index in [2.05, 4.69) is 9.97 Å². The van der Waals surface area contributed by atoms with Crippen LogP contribution in [0.1, 0.15) is 0 Å². The number of nitrogen functional groups attached to an aromatic ring is 1. The zero-order valence-corrected chi connectivity index (χ0v) is 10.3. The van der Waals surface area contributed by atoms with Crippen molar-refractivity contribution in [3.8, 4) is 22.6 Å². The number of aromatic nitrogens is 2. The van der Waals surface area contributed by atoms with E-state index in [1.54, 1.807) is 6.20 Å². The summed E-state index contributed by atoms with van der Waals surface area (Å²) in [6.07, 6.45) is 1.77. The minimum atomic E-state index is 0.689. The van der Waals surface area contributed by atoms with Gasteiger partial charge in [0.25, 0.3) is 0 Å². The Hall–Kier alpha value is -2.68. The molecule has 3 heteroatoms. The van der Waals surface area contributed by atoms with E-state index >= 15 is 0 Å². The number of nitrogens with zero attached hydrogens (tertiary/aromatic N) is 2. The van der Waals surface area contributed by atoms with Crippen molar-refractivity contribution in [3.05, 3.63) is 66.9 Å². The first kappa shape index (κ1) is 11.4. The lowest BCUT2D eigenvalue weighted by Crippen LogP contribution is -1.92. The summed E-state index contributed by atoms with van der Waals surface area (Å²) in [7, 11) is 0. The highest BCUT2D eigenvalue weighted by Crippen LogP contribution is 2.21. The van der Waals surface area contributed by atoms with Crippen LogP contribution in [0.3, 0.4) is 0 Å². The van der Waals surface area contributed by atoms with Gasteiger partial charge >= 0.3 is 0 Å². The summed E-state index contributed by atoms with van der Waals surface area (Å²) >= 11 is 0. The molecular weight excluding hydrogens is 234 g/mol. The molecule has 0 spiro atoms. The standard InChI is InChI=1S/C16H13N3/c17-14-8-4-7-13(11-14)16-18-10-9-15(19-16)12-5-2-1-3-6-12/h1-11H,17H2. The Morgan fingerprint density at radius 3 is 2.37 bits per heavy atom. The van der Waals surface area contributed by atoms with E-state index in [0.29, 0.717) is 11.5 Å². The molecule has 19 heavy (non-hydrogen) atoms. The Labute approximate surface area is 111 Å². The molecule has 2 aromatic carbocycles. The number of rotatable bonds is 2. The Balaban J connectivity index is 2.06. The van der Waals surface area contributed by atoms with Crippen LogP contribution in [-0.2, 0) is 0 Å². The maximum atomic E-state index is 5.79. The summed E-state index contributed by atoms with van der Waals surface area (Å²) < 4.78 is 0. The molecule has 3 nitrogen and oxygen atoms in total. The van der Waals surface area contributed by atoms with Crippen molar-refractivity contribution < 1.29 is 0 Å². The van der Waals surface area contributed by atoms with Crippen LogP contribution in [-0.4, -0.2) is 9.97 Å². The molecular formula is C16H13N3. The molecule has 0 amide bonds. The van der Waals surface area contributed by atoms with Gasteiger partial charge in [0.1, 0.15) is 0 Å². The summed E-state index contributed by atoms with van der Waals surface area (Å²) in [5, 5.41) is 0. The van der Waals surface area contributed by atoms with Crippen molar-refractivity contribution in [1.82, 2.24) is 9.97 Å². The number of benzene rings is 2. The second-order valence-electron chi connectivity index (χ2n) is 4.26. The molecule has 2 N–H and O–H groups in total. The number of nitrogens with two attached hydrogens (primary N) is 1. The van der Waals surface area contributed by atoms with Crippen molar-refractivity contribution in [2.75, 3.05) is 5.73 Å². The topological polar surface area (TPSA) is 51.8 Å². The highest BCUT2D eigenvalue weighted by Gasteiger charge is 2.04. The SMILES string of the molecule is Nc1cccc(-c2nccc(-c3ccccc3)n2)c1. The van der Waals surface area contributed by atoms with Gasteiger partial charge in [0.05, 0.1) is 5.69 Å². The van der Waals surface area contributed by atoms with Crippen LogP contribution in [0.15, 0.2) is 66.9 Å². The van der Waals surface area contributed by atoms with Crippen molar-refractivity contribution in [2.45, 2.75) is 0 Å². The van der Waals surface area contributed by atoms with Crippen LogP contribution >= 0.6 is 0 Å². The zero-order chi connectivity index (χ0) is 13.1. The number of anilines is 1. The minimum absolute atomic E-state index is 0.689. The molecule has 1 heterocycles. The van der Waals surface area contributed by atoms with E-state index in [1.165, 1.54) is 0 Å². The fourth-order valence-electron chi connectivity index (χ4n) is 1.95. The molecule has 0 aliphatic rings. The molecule has 0 aliphatic heterocycles. The van der Waals surface area contributed by atoms with Crippen molar-refractivity contribution in [3.63, 3.8) is 0 Å². The molecule has 0 radical (unpaired) electrons. The fourth-order valence-corrected chi connectivity index (χ4v) is 1.95. The smallest absolute Gasteiger partial charge is 0.159 e. The van der Waals surface area contributed by atoms with Gasteiger partial charge in [0.2, 0.25) is 0 Å². The van der Waals surface area contributed by atoms with E-state index in [-0.39, 0.29) is 0 Å². The largest absolute Gasteiger partial charge is 0.399 e. The lowest BCUT2D eigenvalue weighted by Gasteiger charge is -2.04. The maximum absolute atomic E-state index is 5.79. The average Bonchev–Trinajstić information content (AvgIpc) is 2.48. The van der Waals surface area contributed by atoms with Crippen molar-refractivity contribution in [2.24, 2.45) is 0 Å². The van der Waals surface area contributed by atoms with E-state index in [4.69, 9.17) is 5.73 Å². The second kappa shape index (κ2) is 4.90. The first-order valence-electron chi connectivity index (χ1n) is 6.07. The zero-order valence-electron chi connectivity index (χ0n) is 10.3. The fraction of sp³-hybridized carbons (Fsp3) is 0. The molecule has 0 fully saturated rings. The summed E-state index contributed by atoms with van der Waals surface area (Å²) in [4.78, 5) is 8.90. The van der Waals surface area contributed by atoms with Crippen LogP contribution in [0.5, 0.6) is 0 Å². The highest BCUT2D eigenvalue weighted by molar-refractivity contribution is 5.65. The number of hydrogen-bond acceptors (Lipinski definition) is 3. The van der Waals surface area contributed by atoms with Crippen LogP contribution in [0.4, 0.5) is 5.69 Å². The predicted molar refractivity (Wildman–Crippen MR) is 77.3 cm³/mol. The van der Waals surface area contributed by atoms with Crippen LogP contribution in [0.2, 0.25) is 0 Å². The normalized spacial score (nSPS) is 10.3. The Bertz CT molecular complexity index is 693. The summed E-state index contributed by atoms with van der Waals surface area (Å²) in [5.41, 5.74) is 9.42. The third-order valence-corrected chi connectivity index (χ3v) is 2.87. The minimum Gasteiger partial charge on any atom is -0.399 e. The van der Waals surface area contributed by atoms with Gasteiger partial charge in [0, 0.05) is 23.0 Å². The predicted octanol–water partition coefficient (Wildman–Crippen LogP) is 3.39. The van der Waals surface area contributed by atoms with Gasteiger partial charge in [0.15, 0.2) is 5.82 Å². The van der Waals surface area contributed by atoms with Gasteiger partial charge in [-0.3, -0.25) is 0 Å². The molecule has 0 aliphatic carbocycles. The summed E-state index contributed by atoms with van der Waals surface area (Å²) in [5.74, 6) is 0.689. The van der Waals surface area contributed by atoms with Crippen LogP contribution < -0.4 is 5.73 Å². The Kier molecular flexibility index (Phi) is 2.94. The van der Waals surface area contributed by atoms with Gasteiger partial charge in [-0.05, 0) is 18.2 Å². The molecule has 3 rings (SSSR count). The van der Waals surface area contributed by atoms with Crippen molar-refractivity contribution >= 4 is 5.69 Å². The van der Waals surface area contributed by atoms with Crippen molar-refractivity contribution in [1.29, 1.82) is 0 Å². The molecule has 1 aromatic heterocycles. The maximum Gasteiger partial charge on any atom is 0.159 e. The van der Waals surface area contributed by atoms with Gasteiger partial charge in [-0.2, -0.15) is 0 Å². The highest BCUT2D eigenvalue weighted by atomic mass is 14.9.